The predicted octanol–water partition coefficient (Wildman–Crippen LogP) is 1.82. The number of sulfonamides is 1. The molecule has 2 bridgehead atoms. The first-order chi connectivity index (χ1) is 9.13. The van der Waals surface area contributed by atoms with E-state index in [1.54, 1.807) is 0 Å². The number of piperazine rings is 1. The lowest BCUT2D eigenvalue weighted by molar-refractivity contribution is 0.133. The molecule has 2 heterocycles. The van der Waals surface area contributed by atoms with Crippen molar-refractivity contribution in [3.63, 3.8) is 0 Å². The van der Waals surface area contributed by atoms with Gasteiger partial charge in [-0.05, 0) is 32.2 Å². The molecule has 3 fully saturated rings. The summed E-state index contributed by atoms with van der Waals surface area (Å²) in [5.41, 5.74) is 0. The van der Waals surface area contributed by atoms with Crippen LogP contribution in [0.15, 0.2) is 0 Å². The molecule has 5 heteroatoms. The molecule has 1 saturated carbocycles. The van der Waals surface area contributed by atoms with Crippen LogP contribution in [0.1, 0.15) is 51.9 Å². The fraction of sp³-hybridized carbons (Fsp3) is 1.00. The Hall–Kier alpha value is -0.130. The summed E-state index contributed by atoms with van der Waals surface area (Å²) in [4.78, 5) is 2.41. The maximum absolute atomic E-state index is 12.9. The van der Waals surface area contributed by atoms with Gasteiger partial charge >= 0.3 is 0 Å². The number of hydrogen-bond acceptors (Lipinski definition) is 3. The van der Waals surface area contributed by atoms with Gasteiger partial charge in [-0.3, -0.25) is 0 Å². The highest BCUT2D eigenvalue weighted by Gasteiger charge is 2.48. The lowest BCUT2D eigenvalue weighted by atomic mass is 10.0. The third-order valence-electron chi connectivity index (χ3n) is 5.21. The van der Waals surface area contributed by atoms with Gasteiger partial charge in [0.05, 0.1) is 5.25 Å². The lowest BCUT2D eigenvalue weighted by Crippen LogP contribution is -2.57. The SMILES string of the molecule is CCN1CC2CCC(C1)N2S(=O)(=O)C1CCCCC1. The van der Waals surface area contributed by atoms with Crippen LogP contribution in [0.25, 0.3) is 0 Å². The molecule has 0 aromatic rings. The minimum Gasteiger partial charge on any atom is -0.300 e. The molecule has 110 valence electrons. The average Bonchev–Trinajstić information content (AvgIpc) is 2.72. The van der Waals surface area contributed by atoms with Gasteiger partial charge in [0.1, 0.15) is 0 Å². The summed E-state index contributed by atoms with van der Waals surface area (Å²) < 4.78 is 27.7. The molecule has 0 aromatic heterocycles. The van der Waals surface area contributed by atoms with Crippen LogP contribution in [0, 0.1) is 0 Å². The first-order valence-electron chi connectivity index (χ1n) is 7.87. The van der Waals surface area contributed by atoms with Crippen LogP contribution in [0.2, 0.25) is 0 Å². The summed E-state index contributed by atoms with van der Waals surface area (Å²) in [7, 11) is -3.05. The Kier molecular flexibility index (Phi) is 3.89. The zero-order chi connectivity index (χ0) is 13.5. The van der Waals surface area contributed by atoms with Crippen molar-refractivity contribution in [2.75, 3.05) is 19.6 Å². The van der Waals surface area contributed by atoms with Crippen LogP contribution in [0.5, 0.6) is 0 Å². The Morgan fingerprint density at radius 1 is 0.947 bits per heavy atom. The predicted molar refractivity (Wildman–Crippen MR) is 76.6 cm³/mol. The van der Waals surface area contributed by atoms with E-state index in [1.807, 2.05) is 4.31 Å². The summed E-state index contributed by atoms with van der Waals surface area (Å²) in [5.74, 6) is 0. The molecule has 3 aliphatic rings. The van der Waals surface area contributed by atoms with Gasteiger partial charge in [-0.2, -0.15) is 4.31 Å². The molecule has 19 heavy (non-hydrogen) atoms. The summed E-state index contributed by atoms with van der Waals surface area (Å²) in [5, 5.41) is -0.0856. The molecule has 0 amide bonds. The van der Waals surface area contributed by atoms with E-state index in [-0.39, 0.29) is 17.3 Å². The van der Waals surface area contributed by atoms with E-state index < -0.39 is 10.0 Å². The molecule has 2 aliphatic heterocycles. The third kappa shape index (κ3) is 2.45. The second-order valence-electron chi connectivity index (χ2n) is 6.37. The van der Waals surface area contributed by atoms with Gasteiger partial charge in [0, 0.05) is 25.2 Å². The van der Waals surface area contributed by atoms with Crippen LogP contribution in [0.3, 0.4) is 0 Å². The standard InChI is InChI=1S/C14H26N2O2S/c1-2-15-10-12-8-9-13(11-15)16(12)19(17,18)14-6-4-3-5-7-14/h12-14H,2-11H2,1H3. The third-order valence-corrected chi connectivity index (χ3v) is 7.70. The average molecular weight is 286 g/mol. The van der Waals surface area contributed by atoms with Crippen molar-refractivity contribution in [1.29, 1.82) is 0 Å². The molecule has 0 spiro atoms. The highest BCUT2D eigenvalue weighted by molar-refractivity contribution is 7.89. The topological polar surface area (TPSA) is 40.6 Å². The number of likely N-dealkylation sites (tertiary alicyclic amines) is 1. The van der Waals surface area contributed by atoms with E-state index >= 15 is 0 Å². The monoisotopic (exact) mass is 286 g/mol. The Morgan fingerprint density at radius 3 is 2.05 bits per heavy atom. The quantitative estimate of drug-likeness (QED) is 0.794. The van der Waals surface area contributed by atoms with Crippen molar-refractivity contribution in [3.05, 3.63) is 0 Å². The number of nitrogens with zero attached hydrogens (tertiary/aromatic N) is 2. The van der Waals surface area contributed by atoms with E-state index in [2.05, 4.69) is 11.8 Å². The molecule has 2 saturated heterocycles. The second-order valence-corrected chi connectivity index (χ2v) is 8.49. The van der Waals surface area contributed by atoms with Crippen LogP contribution < -0.4 is 0 Å². The van der Waals surface area contributed by atoms with Gasteiger partial charge in [0.15, 0.2) is 0 Å². The van der Waals surface area contributed by atoms with Crippen molar-refractivity contribution in [2.24, 2.45) is 0 Å². The molecule has 0 radical (unpaired) electrons. The second kappa shape index (κ2) is 5.34. The minimum absolute atomic E-state index is 0.0856. The molecule has 2 unspecified atom stereocenters. The maximum Gasteiger partial charge on any atom is 0.217 e. The summed E-state index contributed by atoms with van der Waals surface area (Å²) in [6.07, 6.45) is 7.29. The summed E-state index contributed by atoms with van der Waals surface area (Å²) >= 11 is 0. The minimum atomic E-state index is -3.05. The lowest BCUT2D eigenvalue weighted by Gasteiger charge is -2.41. The van der Waals surface area contributed by atoms with Gasteiger partial charge in [0.25, 0.3) is 0 Å². The Balaban J connectivity index is 1.78. The molecule has 3 rings (SSSR count). The Bertz CT molecular complexity index is 403. The Labute approximate surface area is 117 Å². The first-order valence-corrected chi connectivity index (χ1v) is 9.38. The molecular formula is C14H26N2O2S. The molecule has 0 N–H and O–H groups in total. The maximum atomic E-state index is 12.9. The van der Waals surface area contributed by atoms with Crippen LogP contribution in [-0.4, -0.2) is 54.6 Å². The van der Waals surface area contributed by atoms with Crippen molar-refractivity contribution < 1.29 is 8.42 Å². The van der Waals surface area contributed by atoms with E-state index in [9.17, 15) is 8.42 Å². The number of rotatable bonds is 3. The zero-order valence-electron chi connectivity index (χ0n) is 11.9. The van der Waals surface area contributed by atoms with Crippen LogP contribution in [0.4, 0.5) is 0 Å². The first kappa shape index (κ1) is 13.8. The van der Waals surface area contributed by atoms with Gasteiger partial charge in [-0.15, -0.1) is 0 Å². The van der Waals surface area contributed by atoms with Gasteiger partial charge in [0.2, 0.25) is 10.0 Å². The number of likely N-dealkylation sites (N-methyl/N-ethyl adjacent to an activating group) is 1. The van der Waals surface area contributed by atoms with Crippen molar-refractivity contribution in [1.82, 2.24) is 9.21 Å². The van der Waals surface area contributed by atoms with Crippen molar-refractivity contribution in [3.8, 4) is 0 Å². The Morgan fingerprint density at radius 2 is 1.53 bits per heavy atom. The summed E-state index contributed by atoms with van der Waals surface area (Å²) in [6.45, 7) is 5.10. The van der Waals surface area contributed by atoms with Gasteiger partial charge in [-0.1, -0.05) is 26.2 Å². The van der Waals surface area contributed by atoms with Crippen molar-refractivity contribution >= 4 is 10.0 Å². The van der Waals surface area contributed by atoms with Crippen molar-refractivity contribution in [2.45, 2.75) is 69.2 Å². The summed E-state index contributed by atoms with van der Waals surface area (Å²) in [6, 6.07) is 0.510. The fourth-order valence-corrected chi connectivity index (χ4v) is 6.61. The smallest absolute Gasteiger partial charge is 0.217 e. The fourth-order valence-electron chi connectivity index (χ4n) is 4.16. The highest BCUT2D eigenvalue weighted by Crippen LogP contribution is 2.36. The van der Waals surface area contributed by atoms with Gasteiger partial charge in [-0.25, -0.2) is 8.42 Å². The van der Waals surface area contributed by atoms with Crippen LogP contribution >= 0.6 is 0 Å². The normalized spacial score (nSPS) is 34.8. The zero-order valence-corrected chi connectivity index (χ0v) is 12.7. The molecule has 2 atom stereocenters. The largest absolute Gasteiger partial charge is 0.300 e. The van der Waals surface area contributed by atoms with Gasteiger partial charge < -0.3 is 4.90 Å². The molecular weight excluding hydrogens is 260 g/mol. The molecule has 1 aliphatic carbocycles. The number of hydrogen-bond donors (Lipinski definition) is 0. The van der Waals surface area contributed by atoms with E-state index in [0.29, 0.717) is 0 Å². The van der Waals surface area contributed by atoms with E-state index in [4.69, 9.17) is 0 Å². The number of fused-ring (bicyclic) bond motifs is 2. The van der Waals surface area contributed by atoms with E-state index in [0.717, 1.165) is 58.2 Å². The molecule has 4 nitrogen and oxygen atoms in total. The van der Waals surface area contributed by atoms with E-state index in [1.165, 1.54) is 6.42 Å². The molecule has 0 aromatic carbocycles. The highest BCUT2D eigenvalue weighted by atomic mass is 32.2. The van der Waals surface area contributed by atoms with Crippen LogP contribution in [-0.2, 0) is 10.0 Å².